The summed E-state index contributed by atoms with van der Waals surface area (Å²) < 4.78 is 25.4. The molecule has 0 aliphatic rings. The largest absolute Gasteiger partial charge is 0.507 e. The summed E-state index contributed by atoms with van der Waals surface area (Å²) in [6, 6.07) is 3.11. The number of rotatable bonds is 4. The van der Waals surface area contributed by atoms with E-state index in [0.717, 1.165) is 5.56 Å². The maximum atomic E-state index is 12.7. The minimum atomic E-state index is -2.66. The van der Waals surface area contributed by atoms with Crippen LogP contribution >= 0.6 is 0 Å². The summed E-state index contributed by atoms with van der Waals surface area (Å²) in [7, 11) is 0. The Balaban J connectivity index is 3.27. The average Bonchev–Trinajstić information content (AvgIpc) is 2.20. The van der Waals surface area contributed by atoms with Crippen LogP contribution in [0.4, 0.5) is 8.78 Å². The molecule has 0 spiro atoms. The molecule has 0 saturated carbocycles. The monoisotopic (exact) mass is 229 g/mol. The van der Waals surface area contributed by atoms with Gasteiger partial charge in [-0.2, -0.15) is 0 Å². The van der Waals surface area contributed by atoms with Crippen LogP contribution in [0.25, 0.3) is 0 Å². The number of alkyl halides is 2. The molecule has 0 atom stereocenters. The van der Waals surface area contributed by atoms with Gasteiger partial charge >= 0.3 is 0 Å². The molecule has 90 valence electrons. The number of aromatic hydroxyl groups is 1. The highest BCUT2D eigenvalue weighted by atomic mass is 19.3. The molecule has 16 heavy (non-hydrogen) atoms. The van der Waals surface area contributed by atoms with Crippen molar-refractivity contribution in [3.8, 4) is 5.75 Å². The highest BCUT2D eigenvalue weighted by molar-refractivity contribution is 5.45. The molecular formula is C12H17F2NO. The lowest BCUT2D eigenvalue weighted by molar-refractivity contribution is 0.147. The summed E-state index contributed by atoms with van der Waals surface area (Å²) in [5.41, 5.74) is 6.39. The standard InChI is InChI=1S/C12H17F2NO/c1-7(2)9-5-8(3-4-15)11(16)10(6-9)12(13)14/h5-7,12,16H,3-4,15H2,1-2H3. The zero-order valence-corrected chi connectivity index (χ0v) is 9.50. The molecule has 0 amide bonds. The van der Waals surface area contributed by atoms with E-state index in [9.17, 15) is 13.9 Å². The molecule has 0 saturated heterocycles. The molecule has 0 aliphatic heterocycles. The smallest absolute Gasteiger partial charge is 0.267 e. The van der Waals surface area contributed by atoms with E-state index in [-0.39, 0.29) is 17.2 Å². The van der Waals surface area contributed by atoms with E-state index in [1.807, 2.05) is 13.8 Å². The Labute approximate surface area is 94.1 Å². The lowest BCUT2D eigenvalue weighted by Crippen LogP contribution is -2.05. The molecule has 1 aromatic carbocycles. The number of benzene rings is 1. The molecule has 3 N–H and O–H groups in total. The molecule has 0 aromatic heterocycles. The van der Waals surface area contributed by atoms with Crippen LogP contribution in [0.1, 0.15) is 42.9 Å². The van der Waals surface area contributed by atoms with Crippen LogP contribution in [0.3, 0.4) is 0 Å². The maximum Gasteiger partial charge on any atom is 0.267 e. The Hall–Kier alpha value is -1.16. The van der Waals surface area contributed by atoms with Gasteiger partial charge in [0.15, 0.2) is 0 Å². The Morgan fingerprint density at radius 3 is 2.38 bits per heavy atom. The van der Waals surface area contributed by atoms with Crippen molar-refractivity contribution in [3.63, 3.8) is 0 Å². The van der Waals surface area contributed by atoms with Crippen molar-refractivity contribution in [2.75, 3.05) is 6.54 Å². The van der Waals surface area contributed by atoms with E-state index in [0.29, 0.717) is 18.5 Å². The van der Waals surface area contributed by atoms with Crippen LogP contribution < -0.4 is 5.73 Å². The van der Waals surface area contributed by atoms with Crippen molar-refractivity contribution in [1.82, 2.24) is 0 Å². The first-order valence-corrected chi connectivity index (χ1v) is 5.31. The fraction of sp³-hybridized carbons (Fsp3) is 0.500. The van der Waals surface area contributed by atoms with Gasteiger partial charge in [-0.25, -0.2) is 8.78 Å². The van der Waals surface area contributed by atoms with Gasteiger partial charge in [0, 0.05) is 0 Å². The van der Waals surface area contributed by atoms with Gasteiger partial charge in [-0.05, 0) is 36.1 Å². The number of halogens is 2. The predicted molar refractivity (Wildman–Crippen MR) is 59.9 cm³/mol. The fourth-order valence-electron chi connectivity index (χ4n) is 1.59. The molecule has 0 fully saturated rings. The normalized spacial score (nSPS) is 11.4. The first-order valence-electron chi connectivity index (χ1n) is 5.31. The van der Waals surface area contributed by atoms with Crippen LogP contribution in [-0.4, -0.2) is 11.7 Å². The number of hydrogen-bond donors (Lipinski definition) is 2. The lowest BCUT2D eigenvalue weighted by atomic mass is 9.95. The Kier molecular flexibility index (Phi) is 4.24. The minimum Gasteiger partial charge on any atom is -0.507 e. The van der Waals surface area contributed by atoms with E-state index in [1.54, 1.807) is 6.07 Å². The summed E-state index contributed by atoms with van der Waals surface area (Å²) in [6.45, 7) is 4.18. The maximum absolute atomic E-state index is 12.7. The van der Waals surface area contributed by atoms with Crippen molar-refractivity contribution in [2.24, 2.45) is 5.73 Å². The summed E-state index contributed by atoms with van der Waals surface area (Å²) in [4.78, 5) is 0. The second-order valence-electron chi connectivity index (χ2n) is 4.11. The van der Waals surface area contributed by atoms with Gasteiger partial charge in [-0.3, -0.25) is 0 Å². The minimum absolute atomic E-state index is 0.148. The second-order valence-corrected chi connectivity index (χ2v) is 4.11. The average molecular weight is 229 g/mol. The molecule has 0 heterocycles. The summed E-state index contributed by atoms with van der Waals surface area (Å²) in [6.07, 6.45) is -2.25. The van der Waals surface area contributed by atoms with Crippen LogP contribution in [0.2, 0.25) is 0 Å². The Morgan fingerprint density at radius 1 is 1.31 bits per heavy atom. The van der Waals surface area contributed by atoms with E-state index in [2.05, 4.69) is 0 Å². The molecule has 2 nitrogen and oxygen atoms in total. The van der Waals surface area contributed by atoms with E-state index in [4.69, 9.17) is 5.73 Å². The second kappa shape index (κ2) is 5.25. The summed E-state index contributed by atoms with van der Waals surface area (Å²) in [5.74, 6) is -0.167. The van der Waals surface area contributed by atoms with Crippen molar-refractivity contribution >= 4 is 0 Å². The third kappa shape index (κ3) is 2.70. The Morgan fingerprint density at radius 2 is 1.94 bits per heavy atom. The van der Waals surface area contributed by atoms with Gasteiger partial charge in [0.1, 0.15) is 5.75 Å². The molecule has 1 rings (SSSR count). The van der Waals surface area contributed by atoms with Crippen LogP contribution in [0.15, 0.2) is 12.1 Å². The molecule has 4 heteroatoms. The van der Waals surface area contributed by atoms with Crippen molar-refractivity contribution < 1.29 is 13.9 Å². The summed E-state index contributed by atoms with van der Waals surface area (Å²) in [5, 5.41) is 9.66. The number of phenols is 1. The van der Waals surface area contributed by atoms with Crippen LogP contribution in [0, 0.1) is 0 Å². The van der Waals surface area contributed by atoms with Gasteiger partial charge in [-0.1, -0.05) is 19.9 Å². The lowest BCUT2D eigenvalue weighted by Gasteiger charge is -2.14. The van der Waals surface area contributed by atoms with E-state index in [1.165, 1.54) is 6.07 Å². The topological polar surface area (TPSA) is 46.2 Å². The van der Waals surface area contributed by atoms with E-state index < -0.39 is 6.43 Å². The zero-order chi connectivity index (χ0) is 12.3. The van der Waals surface area contributed by atoms with Crippen LogP contribution in [-0.2, 0) is 6.42 Å². The highest BCUT2D eigenvalue weighted by Gasteiger charge is 2.18. The summed E-state index contributed by atoms with van der Waals surface area (Å²) >= 11 is 0. The molecular weight excluding hydrogens is 212 g/mol. The van der Waals surface area contributed by atoms with Gasteiger partial charge in [0.2, 0.25) is 0 Å². The van der Waals surface area contributed by atoms with Gasteiger partial charge < -0.3 is 10.8 Å². The fourth-order valence-corrected chi connectivity index (χ4v) is 1.59. The van der Waals surface area contributed by atoms with Crippen molar-refractivity contribution in [2.45, 2.75) is 32.6 Å². The SMILES string of the molecule is CC(C)c1cc(CCN)c(O)c(C(F)F)c1. The zero-order valence-electron chi connectivity index (χ0n) is 9.50. The van der Waals surface area contributed by atoms with E-state index >= 15 is 0 Å². The first kappa shape index (κ1) is 12.9. The first-order chi connectivity index (χ1) is 7.47. The van der Waals surface area contributed by atoms with Gasteiger partial charge in [-0.15, -0.1) is 0 Å². The predicted octanol–water partition coefficient (Wildman–Crippen LogP) is 2.95. The Bertz CT molecular complexity index is 364. The van der Waals surface area contributed by atoms with Gasteiger partial charge in [0.05, 0.1) is 5.56 Å². The van der Waals surface area contributed by atoms with Gasteiger partial charge in [0.25, 0.3) is 6.43 Å². The molecule has 0 bridgehead atoms. The molecule has 0 unspecified atom stereocenters. The van der Waals surface area contributed by atoms with Crippen molar-refractivity contribution in [3.05, 3.63) is 28.8 Å². The molecule has 0 radical (unpaired) electrons. The third-order valence-corrected chi connectivity index (χ3v) is 2.56. The third-order valence-electron chi connectivity index (χ3n) is 2.56. The van der Waals surface area contributed by atoms with Crippen molar-refractivity contribution in [1.29, 1.82) is 0 Å². The molecule has 0 aliphatic carbocycles. The number of phenolic OH excluding ortho intramolecular Hbond substituents is 1. The molecule has 1 aromatic rings. The number of nitrogens with two attached hydrogens (primary N) is 1. The highest BCUT2D eigenvalue weighted by Crippen LogP contribution is 2.34. The number of hydrogen-bond acceptors (Lipinski definition) is 2. The van der Waals surface area contributed by atoms with Crippen LogP contribution in [0.5, 0.6) is 5.75 Å². The quantitative estimate of drug-likeness (QED) is 0.833.